The Balaban J connectivity index is 1.46. The molecule has 0 fully saturated rings. The summed E-state index contributed by atoms with van der Waals surface area (Å²) in [6.07, 6.45) is 3.06. The van der Waals surface area contributed by atoms with Crippen molar-refractivity contribution >= 4 is 28.8 Å². The summed E-state index contributed by atoms with van der Waals surface area (Å²) in [6.45, 7) is 2.27. The van der Waals surface area contributed by atoms with E-state index >= 15 is 0 Å². The van der Waals surface area contributed by atoms with Crippen LogP contribution >= 0.6 is 0 Å². The molecule has 2 heterocycles. The zero-order valence-electron chi connectivity index (χ0n) is 22.5. The first kappa shape index (κ1) is 26.5. The van der Waals surface area contributed by atoms with Gasteiger partial charge in [-0.1, -0.05) is 24.3 Å². The first-order valence-electron chi connectivity index (χ1n) is 12.5. The molecule has 1 N–H and O–H groups in total. The fraction of sp³-hybridized carbons (Fsp3) is 0.167. The van der Waals surface area contributed by atoms with Gasteiger partial charge in [-0.05, 0) is 60.5 Å². The number of carbonyl (C=O) groups excluding carboxylic acids is 1. The van der Waals surface area contributed by atoms with Crippen molar-refractivity contribution in [3.63, 3.8) is 0 Å². The van der Waals surface area contributed by atoms with E-state index in [0.29, 0.717) is 46.8 Å². The summed E-state index contributed by atoms with van der Waals surface area (Å²) >= 11 is 0. The fourth-order valence-electron chi connectivity index (χ4n) is 4.43. The molecule has 0 aliphatic carbocycles. The van der Waals surface area contributed by atoms with Crippen LogP contribution in [-0.4, -0.2) is 46.6 Å². The van der Waals surface area contributed by atoms with Gasteiger partial charge in [-0.25, -0.2) is 9.37 Å². The number of carbonyl (C=O) groups is 1. The van der Waals surface area contributed by atoms with Crippen LogP contribution in [0.4, 0.5) is 10.2 Å². The predicted molar refractivity (Wildman–Crippen MR) is 151 cm³/mol. The first-order chi connectivity index (χ1) is 19.4. The van der Waals surface area contributed by atoms with Crippen molar-refractivity contribution in [2.24, 2.45) is 0 Å². The zero-order valence-corrected chi connectivity index (χ0v) is 22.5. The van der Waals surface area contributed by atoms with Gasteiger partial charge in [0.2, 0.25) is 17.6 Å². The van der Waals surface area contributed by atoms with Crippen LogP contribution < -0.4 is 19.5 Å². The molecule has 0 aliphatic heterocycles. The number of aryl methyl sites for hydroxylation is 1. The van der Waals surface area contributed by atoms with Crippen molar-refractivity contribution in [1.29, 1.82) is 0 Å². The SMILES string of the molecule is COc1cc(/C=C/C(=O)Nc2cc(C)nn2-c2nc3ccccc3n2Cc2ccc(F)cc2)cc(OC)c1OC. The van der Waals surface area contributed by atoms with Crippen LogP contribution in [0.1, 0.15) is 16.8 Å². The summed E-state index contributed by atoms with van der Waals surface area (Å²) in [6, 6.07) is 19.3. The van der Waals surface area contributed by atoms with Crippen molar-refractivity contribution in [1.82, 2.24) is 19.3 Å². The maximum Gasteiger partial charge on any atom is 0.249 e. The summed E-state index contributed by atoms with van der Waals surface area (Å²) < 4.78 is 33.3. The van der Waals surface area contributed by atoms with Crippen LogP contribution in [0.25, 0.3) is 23.1 Å². The third-order valence-electron chi connectivity index (χ3n) is 6.27. The lowest BCUT2D eigenvalue weighted by molar-refractivity contribution is -0.111. The summed E-state index contributed by atoms with van der Waals surface area (Å²) in [5.41, 5.74) is 3.94. The van der Waals surface area contributed by atoms with E-state index in [1.54, 1.807) is 41.1 Å². The molecule has 0 unspecified atom stereocenters. The van der Waals surface area contributed by atoms with E-state index in [9.17, 15) is 9.18 Å². The molecule has 10 heteroatoms. The minimum absolute atomic E-state index is 0.299. The van der Waals surface area contributed by atoms with Crippen molar-refractivity contribution in [2.75, 3.05) is 26.6 Å². The Bertz CT molecular complexity index is 1680. The molecular formula is C30H28FN5O4. The Labute approximate surface area is 230 Å². The lowest BCUT2D eigenvalue weighted by Crippen LogP contribution is -2.15. The highest BCUT2D eigenvalue weighted by Crippen LogP contribution is 2.38. The quantitative estimate of drug-likeness (QED) is 0.252. The van der Waals surface area contributed by atoms with Crippen molar-refractivity contribution < 1.29 is 23.4 Å². The van der Waals surface area contributed by atoms with Crippen molar-refractivity contribution in [3.8, 4) is 23.2 Å². The second-order valence-corrected chi connectivity index (χ2v) is 8.98. The summed E-state index contributed by atoms with van der Waals surface area (Å²) in [5.74, 6) is 1.74. The van der Waals surface area contributed by atoms with Crippen LogP contribution in [0.2, 0.25) is 0 Å². The topological polar surface area (TPSA) is 92.4 Å². The smallest absolute Gasteiger partial charge is 0.249 e. The normalized spacial score (nSPS) is 11.2. The van der Waals surface area contributed by atoms with E-state index in [4.69, 9.17) is 19.2 Å². The summed E-state index contributed by atoms with van der Waals surface area (Å²) in [4.78, 5) is 17.8. The number of aromatic nitrogens is 4. The number of halogens is 1. The maximum absolute atomic E-state index is 13.5. The minimum atomic E-state index is -0.365. The Hall–Kier alpha value is -5.12. The number of nitrogens with one attached hydrogen (secondary N) is 1. The van der Waals surface area contributed by atoms with E-state index in [1.807, 2.05) is 35.8 Å². The second kappa shape index (κ2) is 11.3. The molecular weight excluding hydrogens is 513 g/mol. The van der Waals surface area contributed by atoms with E-state index in [2.05, 4.69) is 10.4 Å². The summed E-state index contributed by atoms with van der Waals surface area (Å²) in [7, 11) is 4.59. The number of imidazole rings is 1. The lowest BCUT2D eigenvalue weighted by atomic mass is 10.1. The van der Waals surface area contributed by atoms with Gasteiger partial charge in [0.1, 0.15) is 11.6 Å². The van der Waals surface area contributed by atoms with E-state index in [1.165, 1.54) is 39.5 Å². The van der Waals surface area contributed by atoms with Crippen LogP contribution in [0, 0.1) is 12.7 Å². The largest absolute Gasteiger partial charge is 0.493 e. The van der Waals surface area contributed by atoms with Gasteiger partial charge < -0.3 is 24.1 Å². The molecule has 0 atom stereocenters. The number of fused-ring (bicyclic) bond motifs is 1. The number of methoxy groups -OCH3 is 3. The van der Waals surface area contributed by atoms with Gasteiger partial charge >= 0.3 is 0 Å². The molecule has 3 aromatic carbocycles. The molecule has 0 spiro atoms. The molecule has 40 heavy (non-hydrogen) atoms. The van der Waals surface area contributed by atoms with Gasteiger partial charge in [-0.15, -0.1) is 0 Å². The summed E-state index contributed by atoms with van der Waals surface area (Å²) in [5, 5.41) is 7.52. The monoisotopic (exact) mass is 541 g/mol. The number of rotatable bonds is 9. The number of hydrogen-bond acceptors (Lipinski definition) is 6. The minimum Gasteiger partial charge on any atom is -0.493 e. The Morgan fingerprint density at radius 2 is 1.68 bits per heavy atom. The van der Waals surface area contributed by atoms with Crippen LogP contribution in [0.15, 0.2) is 72.8 Å². The van der Waals surface area contributed by atoms with Crippen LogP contribution in [0.3, 0.4) is 0 Å². The first-order valence-corrected chi connectivity index (χ1v) is 12.5. The number of nitrogens with zero attached hydrogens (tertiary/aromatic N) is 4. The Morgan fingerprint density at radius 1 is 0.975 bits per heavy atom. The number of hydrogen-bond donors (Lipinski definition) is 1. The highest BCUT2D eigenvalue weighted by molar-refractivity contribution is 6.01. The standard InChI is InChI=1S/C30H28FN5O4/c1-19-15-27(33-28(37)14-11-21-16-25(38-2)29(40-4)26(17-21)39-3)36(34-19)30-32-23-7-5-6-8-24(23)35(30)18-20-9-12-22(31)13-10-20/h5-17H,18H2,1-4H3,(H,33,37)/b14-11+. The molecule has 0 radical (unpaired) electrons. The third-order valence-corrected chi connectivity index (χ3v) is 6.27. The number of benzene rings is 3. The molecule has 0 saturated carbocycles. The van der Waals surface area contributed by atoms with Gasteiger partial charge in [-0.2, -0.15) is 9.78 Å². The average Bonchev–Trinajstić information content (AvgIpc) is 3.51. The highest BCUT2D eigenvalue weighted by atomic mass is 19.1. The van der Waals surface area contributed by atoms with E-state index < -0.39 is 0 Å². The van der Waals surface area contributed by atoms with Gasteiger partial charge in [0.15, 0.2) is 11.5 Å². The fourth-order valence-corrected chi connectivity index (χ4v) is 4.43. The maximum atomic E-state index is 13.5. The van der Waals surface area contributed by atoms with Crippen LogP contribution in [0.5, 0.6) is 17.2 Å². The molecule has 9 nitrogen and oxygen atoms in total. The van der Waals surface area contributed by atoms with Crippen LogP contribution in [-0.2, 0) is 11.3 Å². The molecule has 5 aromatic rings. The van der Waals surface area contributed by atoms with Gasteiger partial charge in [0.05, 0.1) is 44.6 Å². The number of para-hydroxylation sites is 2. The third kappa shape index (κ3) is 5.37. The molecule has 0 aliphatic rings. The number of ether oxygens (including phenoxy) is 3. The van der Waals surface area contributed by atoms with Crippen molar-refractivity contribution in [3.05, 3.63) is 95.4 Å². The highest BCUT2D eigenvalue weighted by Gasteiger charge is 2.18. The predicted octanol–water partition coefficient (Wildman–Crippen LogP) is 5.40. The van der Waals surface area contributed by atoms with Gasteiger partial charge in [-0.3, -0.25) is 4.79 Å². The van der Waals surface area contributed by atoms with Crippen molar-refractivity contribution in [2.45, 2.75) is 13.5 Å². The Morgan fingerprint density at radius 3 is 2.35 bits per heavy atom. The van der Waals surface area contributed by atoms with Gasteiger partial charge in [0.25, 0.3) is 0 Å². The van der Waals surface area contributed by atoms with Gasteiger partial charge in [0, 0.05) is 12.1 Å². The zero-order chi connectivity index (χ0) is 28.2. The number of amides is 1. The second-order valence-electron chi connectivity index (χ2n) is 8.98. The van der Waals surface area contributed by atoms with E-state index in [0.717, 1.165) is 16.6 Å². The lowest BCUT2D eigenvalue weighted by Gasteiger charge is -2.13. The molecule has 2 aromatic heterocycles. The number of anilines is 1. The molecule has 204 valence electrons. The molecule has 5 rings (SSSR count). The molecule has 1 amide bonds. The van der Waals surface area contributed by atoms with E-state index in [-0.39, 0.29) is 11.7 Å². The average molecular weight is 542 g/mol. The molecule has 0 bridgehead atoms. The Kier molecular flexibility index (Phi) is 7.50. The molecule has 0 saturated heterocycles.